The second-order valence-corrected chi connectivity index (χ2v) is 4.94. The van der Waals surface area contributed by atoms with Gasteiger partial charge in [-0.25, -0.2) is 4.98 Å². The van der Waals surface area contributed by atoms with Crippen LogP contribution < -0.4 is 0 Å². The molecule has 1 N–H and O–H groups in total. The van der Waals surface area contributed by atoms with Gasteiger partial charge in [-0.2, -0.15) is 0 Å². The van der Waals surface area contributed by atoms with Crippen LogP contribution in [0, 0.1) is 0 Å². The highest BCUT2D eigenvalue weighted by Crippen LogP contribution is 2.14. The average Bonchev–Trinajstić information content (AvgIpc) is 2.74. The van der Waals surface area contributed by atoms with Gasteiger partial charge in [0, 0.05) is 24.8 Å². The van der Waals surface area contributed by atoms with E-state index >= 15 is 0 Å². The third-order valence-corrected chi connectivity index (χ3v) is 3.22. The summed E-state index contributed by atoms with van der Waals surface area (Å²) < 4.78 is 2.08. The Kier molecular flexibility index (Phi) is 5.34. The minimum absolute atomic E-state index is 0.0677. The first-order chi connectivity index (χ1) is 8.45. The highest BCUT2D eigenvalue weighted by atomic mass is 16.4. The second kappa shape index (κ2) is 6.54. The van der Waals surface area contributed by atoms with Crippen molar-refractivity contribution in [1.29, 1.82) is 0 Å². The number of nitrogens with zero attached hydrogens (tertiary/aromatic N) is 3. The Bertz CT molecular complexity index is 387. The van der Waals surface area contributed by atoms with Crippen molar-refractivity contribution in [3.05, 3.63) is 18.2 Å². The maximum absolute atomic E-state index is 10.9. The molecular weight excluding hydrogens is 230 g/mol. The summed E-state index contributed by atoms with van der Waals surface area (Å²) in [4.78, 5) is 17.0. The fourth-order valence-electron chi connectivity index (χ4n) is 1.93. The summed E-state index contributed by atoms with van der Waals surface area (Å²) in [6.07, 6.45) is 4.55. The lowest BCUT2D eigenvalue weighted by molar-refractivity contribution is -0.139. The lowest BCUT2D eigenvalue weighted by Gasteiger charge is -2.27. The zero-order valence-electron chi connectivity index (χ0n) is 11.6. The SMILES string of the molecule is CCC(C)N(CC(=O)O)Cc1cncn1C(C)C. The van der Waals surface area contributed by atoms with Gasteiger partial charge in [0.25, 0.3) is 0 Å². The van der Waals surface area contributed by atoms with Crippen molar-refractivity contribution in [2.24, 2.45) is 0 Å². The lowest BCUT2D eigenvalue weighted by Crippen LogP contribution is -2.37. The van der Waals surface area contributed by atoms with Crippen LogP contribution in [0.5, 0.6) is 0 Å². The van der Waals surface area contributed by atoms with Gasteiger partial charge in [-0.3, -0.25) is 9.69 Å². The van der Waals surface area contributed by atoms with Gasteiger partial charge in [0.05, 0.1) is 18.6 Å². The number of imidazole rings is 1. The number of carboxylic acids is 1. The average molecular weight is 253 g/mol. The number of aromatic nitrogens is 2. The molecule has 1 rings (SSSR count). The zero-order valence-corrected chi connectivity index (χ0v) is 11.6. The Hall–Kier alpha value is -1.36. The maximum Gasteiger partial charge on any atom is 0.317 e. The first-order valence-corrected chi connectivity index (χ1v) is 6.42. The predicted octanol–water partition coefficient (Wildman–Crippen LogP) is 2.15. The molecule has 1 heterocycles. The molecule has 0 fully saturated rings. The number of carbonyl (C=O) groups is 1. The molecule has 1 aromatic rings. The van der Waals surface area contributed by atoms with Gasteiger partial charge < -0.3 is 9.67 Å². The Morgan fingerprint density at radius 2 is 2.17 bits per heavy atom. The smallest absolute Gasteiger partial charge is 0.317 e. The molecule has 0 aliphatic rings. The van der Waals surface area contributed by atoms with Crippen molar-refractivity contribution in [2.75, 3.05) is 6.54 Å². The highest BCUT2D eigenvalue weighted by molar-refractivity contribution is 5.69. The van der Waals surface area contributed by atoms with E-state index in [0.717, 1.165) is 12.1 Å². The van der Waals surface area contributed by atoms with Crippen molar-refractivity contribution < 1.29 is 9.90 Å². The molecule has 0 aliphatic heterocycles. The van der Waals surface area contributed by atoms with Crippen molar-refractivity contribution >= 4 is 5.97 Å². The van der Waals surface area contributed by atoms with Crippen LogP contribution in [0.2, 0.25) is 0 Å². The molecule has 5 heteroatoms. The first-order valence-electron chi connectivity index (χ1n) is 6.42. The standard InChI is InChI=1S/C13H23N3O2/c1-5-11(4)15(8-13(17)18)7-12-6-14-9-16(12)10(2)3/h6,9-11H,5,7-8H2,1-4H3,(H,17,18). The van der Waals surface area contributed by atoms with Crippen LogP contribution in [-0.2, 0) is 11.3 Å². The van der Waals surface area contributed by atoms with E-state index < -0.39 is 5.97 Å². The Morgan fingerprint density at radius 3 is 2.67 bits per heavy atom. The minimum atomic E-state index is -0.786. The summed E-state index contributed by atoms with van der Waals surface area (Å²) >= 11 is 0. The van der Waals surface area contributed by atoms with Crippen molar-refractivity contribution in [2.45, 2.75) is 52.7 Å². The number of rotatable bonds is 7. The first kappa shape index (κ1) is 14.7. The molecule has 18 heavy (non-hydrogen) atoms. The fraction of sp³-hybridized carbons (Fsp3) is 0.692. The lowest BCUT2D eigenvalue weighted by atomic mass is 10.2. The topological polar surface area (TPSA) is 58.4 Å². The molecule has 0 saturated heterocycles. The van der Waals surface area contributed by atoms with E-state index in [9.17, 15) is 4.79 Å². The molecule has 0 radical (unpaired) electrons. The van der Waals surface area contributed by atoms with Crippen LogP contribution in [0.3, 0.4) is 0 Å². The minimum Gasteiger partial charge on any atom is -0.480 e. The van der Waals surface area contributed by atoms with Gasteiger partial charge in [0.15, 0.2) is 0 Å². The molecule has 0 spiro atoms. The molecule has 102 valence electrons. The summed E-state index contributed by atoms with van der Waals surface area (Å²) in [5, 5.41) is 8.97. The second-order valence-electron chi connectivity index (χ2n) is 4.94. The van der Waals surface area contributed by atoms with Crippen molar-refractivity contribution in [3.8, 4) is 0 Å². The van der Waals surface area contributed by atoms with Crippen LogP contribution in [0.4, 0.5) is 0 Å². The monoisotopic (exact) mass is 253 g/mol. The largest absolute Gasteiger partial charge is 0.480 e. The van der Waals surface area contributed by atoms with E-state index in [0.29, 0.717) is 12.6 Å². The molecule has 5 nitrogen and oxygen atoms in total. The molecule has 0 saturated carbocycles. The van der Waals surface area contributed by atoms with E-state index in [2.05, 4.69) is 37.2 Å². The van der Waals surface area contributed by atoms with Gasteiger partial charge in [-0.15, -0.1) is 0 Å². The Morgan fingerprint density at radius 1 is 1.50 bits per heavy atom. The molecule has 0 amide bonds. The number of carboxylic acid groups (broad SMARTS) is 1. The van der Waals surface area contributed by atoms with E-state index in [-0.39, 0.29) is 12.6 Å². The van der Waals surface area contributed by atoms with Gasteiger partial charge in [0.1, 0.15) is 0 Å². The Balaban J connectivity index is 2.82. The maximum atomic E-state index is 10.9. The van der Waals surface area contributed by atoms with Crippen LogP contribution >= 0.6 is 0 Å². The third-order valence-electron chi connectivity index (χ3n) is 3.22. The molecular formula is C13H23N3O2. The van der Waals surface area contributed by atoms with Gasteiger partial charge in [-0.05, 0) is 27.2 Å². The van der Waals surface area contributed by atoms with Gasteiger partial charge in [-0.1, -0.05) is 6.92 Å². The van der Waals surface area contributed by atoms with Gasteiger partial charge in [0.2, 0.25) is 0 Å². The normalized spacial score (nSPS) is 13.2. The van der Waals surface area contributed by atoms with E-state index in [1.807, 2.05) is 11.1 Å². The van der Waals surface area contributed by atoms with Crippen LogP contribution in [0.1, 0.15) is 45.9 Å². The van der Waals surface area contributed by atoms with Crippen LogP contribution in [0.15, 0.2) is 12.5 Å². The van der Waals surface area contributed by atoms with E-state index in [4.69, 9.17) is 5.11 Å². The van der Waals surface area contributed by atoms with E-state index in [1.165, 1.54) is 0 Å². The highest BCUT2D eigenvalue weighted by Gasteiger charge is 2.18. The number of hydrogen-bond donors (Lipinski definition) is 1. The van der Waals surface area contributed by atoms with Gasteiger partial charge >= 0.3 is 5.97 Å². The quantitative estimate of drug-likeness (QED) is 0.809. The summed E-state index contributed by atoms with van der Waals surface area (Å²) in [7, 11) is 0. The Labute approximate surface area is 108 Å². The molecule has 0 bridgehead atoms. The summed E-state index contributed by atoms with van der Waals surface area (Å²) in [6, 6.07) is 0.586. The summed E-state index contributed by atoms with van der Waals surface area (Å²) in [5.41, 5.74) is 1.06. The zero-order chi connectivity index (χ0) is 13.7. The molecule has 1 aromatic heterocycles. The molecule has 0 aliphatic carbocycles. The van der Waals surface area contributed by atoms with Crippen LogP contribution in [-0.4, -0.2) is 38.1 Å². The van der Waals surface area contributed by atoms with Crippen molar-refractivity contribution in [1.82, 2.24) is 14.5 Å². The number of aliphatic carboxylic acids is 1. The van der Waals surface area contributed by atoms with E-state index in [1.54, 1.807) is 6.33 Å². The van der Waals surface area contributed by atoms with Crippen LogP contribution in [0.25, 0.3) is 0 Å². The number of hydrogen-bond acceptors (Lipinski definition) is 3. The van der Waals surface area contributed by atoms with Crippen molar-refractivity contribution in [3.63, 3.8) is 0 Å². The fourth-order valence-corrected chi connectivity index (χ4v) is 1.93. The molecule has 1 unspecified atom stereocenters. The third kappa shape index (κ3) is 3.84. The molecule has 1 atom stereocenters. The predicted molar refractivity (Wildman–Crippen MR) is 70.4 cm³/mol. The summed E-state index contributed by atoms with van der Waals surface area (Å²) in [6.45, 7) is 9.00. The molecule has 0 aromatic carbocycles. The summed E-state index contributed by atoms with van der Waals surface area (Å²) in [5.74, 6) is -0.786.